The molecule has 1 N–H and O–H groups in total. The van der Waals surface area contributed by atoms with Gasteiger partial charge in [0, 0.05) is 51.2 Å². The summed E-state index contributed by atoms with van der Waals surface area (Å²) in [6, 6.07) is 4.50. The lowest BCUT2D eigenvalue weighted by Gasteiger charge is -2.35. The van der Waals surface area contributed by atoms with Gasteiger partial charge in [0.2, 0.25) is 0 Å². The first-order valence-electron chi connectivity index (χ1n) is 8.89. The van der Waals surface area contributed by atoms with Gasteiger partial charge in [0.05, 0.1) is 0 Å². The molecule has 3 rings (SSSR count). The van der Waals surface area contributed by atoms with Crippen LogP contribution < -0.4 is 5.32 Å². The quantitative estimate of drug-likeness (QED) is 0.928. The molecule has 1 aromatic rings. The van der Waals surface area contributed by atoms with E-state index in [0.29, 0.717) is 12.0 Å². The first-order valence-corrected chi connectivity index (χ1v) is 8.89. The molecule has 126 valence electrons. The van der Waals surface area contributed by atoms with Gasteiger partial charge in [0.1, 0.15) is 0 Å². The van der Waals surface area contributed by atoms with E-state index in [0.717, 1.165) is 32.7 Å². The van der Waals surface area contributed by atoms with Gasteiger partial charge < -0.3 is 10.2 Å². The predicted molar refractivity (Wildman–Crippen MR) is 91.0 cm³/mol. The monoisotopic (exact) mass is 316 g/mol. The molecule has 2 aliphatic rings. The van der Waals surface area contributed by atoms with Crippen LogP contribution in [0.4, 0.5) is 4.79 Å². The van der Waals surface area contributed by atoms with Gasteiger partial charge in [-0.3, -0.25) is 9.88 Å². The van der Waals surface area contributed by atoms with Crippen LogP contribution in [-0.2, 0) is 6.54 Å². The van der Waals surface area contributed by atoms with E-state index >= 15 is 0 Å². The molecule has 0 spiro atoms. The first-order chi connectivity index (χ1) is 11.2. The van der Waals surface area contributed by atoms with Crippen molar-refractivity contribution in [1.29, 1.82) is 0 Å². The van der Waals surface area contributed by atoms with Crippen LogP contribution in [0.5, 0.6) is 0 Å². The van der Waals surface area contributed by atoms with Gasteiger partial charge in [0.15, 0.2) is 0 Å². The van der Waals surface area contributed by atoms with E-state index in [1.807, 2.05) is 17.2 Å². The van der Waals surface area contributed by atoms with E-state index in [4.69, 9.17) is 0 Å². The highest BCUT2D eigenvalue weighted by molar-refractivity contribution is 5.74. The van der Waals surface area contributed by atoms with Crippen LogP contribution in [-0.4, -0.2) is 53.0 Å². The lowest BCUT2D eigenvalue weighted by atomic mass is 10.00. The van der Waals surface area contributed by atoms with Crippen molar-refractivity contribution in [2.24, 2.45) is 5.92 Å². The van der Waals surface area contributed by atoms with E-state index in [9.17, 15) is 4.79 Å². The lowest BCUT2D eigenvalue weighted by Crippen LogP contribution is -2.53. The van der Waals surface area contributed by atoms with E-state index in [1.54, 1.807) is 6.20 Å². The standard InChI is InChI=1S/C18H28N4O/c1-15(17-6-2-3-7-17)20-18(23)22-11-9-21(10-12-22)14-16-5-4-8-19-13-16/h4-5,8,13,15,17H,2-3,6-7,9-12,14H2,1H3,(H,20,23)/t15-/m0/s1. The van der Waals surface area contributed by atoms with Gasteiger partial charge in [-0.05, 0) is 37.3 Å². The number of amides is 2. The molecule has 1 atom stereocenters. The molecule has 1 saturated heterocycles. The zero-order valence-electron chi connectivity index (χ0n) is 14.1. The molecule has 1 aliphatic carbocycles. The Bertz CT molecular complexity index is 493. The number of hydrogen-bond acceptors (Lipinski definition) is 3. The summed E-state index contributed by atoms with van der Waals surface area (Å²) in [4.78, 5) is 20.9. The second-order valence-corrected chi connectivity index (χ2v) is 6.91. The second-order valence-electron chi connectivity index (χ2n) is 6.91. The lowest BCUT2D eigenvalue weighted by molar-refractivity contribution is 0.132. The number of carbonyl (C=O) groups excluding carboxylic acids is 1. The Balaban J connectivity index is 1.42. The van der Waals surface area contributed by atoms with Crippen LogP contribution in [0, 0.1) is 5.92 Å². The summed E-state index contributed by atoms with van der Waals surface area (Å²) in [5, 5.41) is 3.21. The minimum atomic E-state index is 0.116. The molecular formula is C18H28N4O. The van der Waals surface area contributed by atoms with Crippen molar-refractivity contribution in [3.05, 3.63) is 30.1 Å². The molecule has 1 saturated carbocycles. The van der Waals surface area contributed by atoms with Gasteiger partial charge in [-0.25, -0.2) is 4.79 Å². The number of carbonyl (C=O) groups is 1. The highest BCUT2D eigenvalue weighted by Gasteiger charge is 2.26. The van der Waals surface area contributed by atoms with E-state index in [-0.39, 0.29) is 6.03 Å². The maximum atomic E-state index is 12.4. The summed E-state index contributed by atoms with van der Waals surface area (Å²) in [7, 11) is 0. The number of aromatic nitrogens is 1. The van der Waals surface area contributed by atoms with Crippen molar-refractivity contribution in [2.75, 3.05) is 26.2 Å². The molecule has 1 aliphatic heterocycles. The summed E-state index contributed by atoms with van der Waals surface area (Å²) < 4.78 is 0. The van der Waals surface area contributed by atoms with Crippen molar-refractivity contribution in [2.45, 2.75) is 45.2 Å². The van der Waals surface area contributed by atoms with Crippen molar-refractivity contribution >= 4 is 6.03 Å². The van der Waals surface area contributed by atoms with Gasteiger partial charge in [-0.1, -0.05) is 18.9 Å². The van der Waals surface area contributed by atoms with Crippen LogP contribution in [0.3, 0.4) is 0 Å². The van der Waals surface area contributed by atoms with Crippen LogP contribution in [0.15, 0.2) is 24.5 Å². The van der Waals surface area contributed by atoms with E-state index in [2.05, 4.69) is 28.2 Å². The number of hydrogen-bond donors (Lipinski definition) is 1. The average Bonchev–Trinajstić information content (AvgIpc) is 3.11. The Labute approximate surface area is 139 Å². The number of nitrogens with one attached hydrogen (secondary N) is 1. The fourth-order valence-electron chi connectivity index (χ4n) is 3.72. The second kappa shape index (κ2) is 7.77. The predicted octanol–water partition coefficient (Wildman–Crippen LogP) is 2.49. The van der Waals surface area contributed by atoms with Gasteiger partial charge in [-0.2, -0.15) is 0 Å². The van der Waals surface area contributed by atoms with Crippen molar-refractivity contribution in [1.82, 2.24) is 20.1 Å². The molecule has 5 nitrogen and oxygen atoms in total. The number of rotatable bonds is 4. The summed E-state index contributed by atoms with van der Waals surface area (Å²) in [6.07, 6.45) is 8.89. The van der Waals surface area contributed by atoms with E-state index in [1.165, 1.54) is 31.2 Å². The highest BCUT2D eigenvalue weighted by atomic mass is 16.2. The number of pyridine rings is 1. The normalized spacial score (nSPS) is 21.3. The third-order valence-electron chi connectivity index (χ3n) is 5.25. The molecule has 0 aromatic carbocycles. The highest BCUT2D eigenvalue weighted by Crippen LogP contribution is 2.27. The van der Waals surface area contributed by atoms with Gasteiger partial charge in [-0.15, -0.1) is 0 Å². The van der Waals surface area contributed by atoms with Crippen molar-refractivity contribution in [3.8, 4) is 0 Å². The Kier molecular flexibility index (Phi) is 5.49. The minimum absolute atomic E-state index is 0.116. The molecule has 2 heterocycles. The molecule has 0 bridgehead atoms. The van der Waals surface area contributed by atoms with Crippen LogP contribution in [0.1, 0.15) is 38.2 Å². The van der Waals surface area contributed by atoms with E-state index < -0.39 is 0 Å². The minimum Gasteiger partial charge on any atom is -0.335 e. The SMILES string of the molecule is C[C@H](NC(=O)N1CCN(Cc2cccnc2)CC1)C1CCCC1. The fourth-order valence-corrected chi connectivity index (χ4v) is 3.72. The first kappa shape index (κ1) is 16.2. The zero-order chi connectivity index (χ0) is 16.1. The fraction of sp³-hybridized carbons (Fsp3) is 0.667. The van der Waals surface area contributed by atoms with Gasteiger partial charge in [0.25, 0.3) is 0 Å². The summed E-state index contributed by atoms with van der Waals surface area (Å²) in [5.41, 5.74) is 1.24. The zero-order valence-corrected chi connectivity index (χ0v) is 14.1. The third-order valence-corrected chi connectivity index (χ3v) is 5.25. The molecule has 0 radical (unpaired) electrons. The molecular weight excluding hydrogens is 288 g/mol. The van der Waals surface area contributed by atoms with Crippen molar-refractivity contribution in [3.63, 3.8) is 0 Å². The number of urea groups is 1. The molecule has 0 unspecified atom stereocenters. The molecule has 23 heavy (non-hydrogen) atoms. The molecule has 1 aromatic heterocycles. The largest absolute Gasteiger partial charge is 0.335 e. The number of nitrogens with zero attached hydrogens (tertiary/aromatic N) is 3. The Hall–Kier alpha value is -1.62. The molecule has 5 heteroatoms. The van der Waals surface area contributed by atoms with Crippen LogP contribution in [0.2, 0.25) is 0 Å². The smallest absolute Gasteiger partial charge is 0.317 e. The third kappa shape index (κ3) is 4.44. The summed E-state index contributed by atoms with van der Waals surface area (Å²) in [5.74, 6) is 0.672. The van der Waals surface area contributed by atoms with Crippen LogP contribution >= 0.6 is 0 Å². The van der Waals surface area contributed by atoms with Crippen LogP contribution in [0.25, 0.3) is 0 Å². The maximum Gasteiger partial charge on any atom is 0.317 e. The summed E-state index contributed by atoms with van der Waals surface area (Å²) in [6.45, 7) is 6.56. The number of piperazine rings is 1. The topological polar surface area (TPSA) is 48.5 Å². The van der Waals surface area contributed by atoms with Crippen molar-refractivity contribution < 1.29 is 4.79 Å². The average molecular weight is 316 g/mol. The van der Waals surface area contributed by atoms with Gasteiger partial charge >= 0.3 is 6.03 Å². The Morgan fingerprint density at radius 1 is 1.30 bits per heavy atom. The Morgan fingerprint density at radius 2 is 2.04 bits per heavy atom. The summed E-state index contributed by atoms with van der Waals surface area (Å²) >= 11 is 0. The Morgan fingerprint density at radius 3 is 2.70 bits per heavy atom. The maximum absolute atomic E-state index is 12.4. The molecule has 2 fully saturated rings. The molecule has 2 amide bonds.